The summed E-state index contributed by atoms with van der Waals surface area (Å²) in [4.78, 5) is 0. The van der Waals surface area contributed by atoms with Crippen molar-refractivity contribution in [2.75, 3.05) is 7.05 Å². The maximum atomic E-state index is 13.1. The van der Waals surface area contributed by atoms with Crippen LogP contribution in [-0.4, -0.2) is 17.2 Å². The molecule has 1 unspecified atom stereocenters. The van der Waals surface area contributed by atoms with Crippen LogP contribution in [0, 0.1) is 5.82 Å². The topological polar surface area (TPSA) is 37.8 Å². The van der Waals surface area contributed by atoms with Crippen molar-refractivity contribution in [1.82, 2.24) is 15.5 Å². The van der Waals surface area contributed by atoms with Gasteiger partial charge in [0.1, 0.15) is 15.8 Å². The minimum absolute atomic E-state index is 0.217. The van der Waals surface area contributed by atoms with Gasteiger partial charge in [-0.3, -0.25) is 0 Å². The molecule has 17 heavy (non-hydrogen) atoms. The van der Waals surface area contributed by atoms with E-state index in [1.165, 1.54) is 23.5 Å². The van der Waals surface area contributed by atoms with E-state index in [1.807, 2.05) is 13.1 Å². The molecule has 0 aliphatic heterocycles. The third-order valence-electron chi connectivity index (χ3n) is 2.57. The molecule has 0 saturated carbocycles. The summed E-state index contributed by atoms with van der Waals surface area (Å²) in [5.41, 5.74) is 0.778. The molecular formula is C12H14FN3S. The smallest absolute Gasteiger partial charge is 0.147 e. The molecule has 0 aliphatic carbocycles. The van der Waals surface area contributed by atoms with Gasteiger partial charge in [0.15, 0.2) is 0 Å². The summed E-state index contributed by atoms with van der Waals surface area (Å²) in [6.07, 6.45) is 0.953. The summed E-state index contributed by atoms with van der Waals surface area (Å²) in [6.45, 7) is 2.09. The zero-order valence-electron chi connectivity index (χ0n) is 9.77. The second-order valence-electron chi connectivity index (χ2n) is 3.71. The molecule has 1 heterocycles. The first-order valence-corrected chi connectivity index (χ1v) is 6.33. The van der Waals surface area contributed by atoms with Gasteiger partial charge < -0.3 is 5.32 Å². The SMILES string of the molecule is CCC(NC)c1nnc(-c2cccc(F)c2)s1. The van der Waals surface area contributed by atoms with E-state index in [9.17, 15) is 4.39 Å². The summed E-state index contributed by atoms with van der Waals surface area (Å²) >= 11 is 1.50. The fourth-order valence-electron chi connectivity index (χ4n) is 1.62. The van der Waals surface area contributed by atoms with Gasteiger partial charge in [0.05, 0.1) is 6.04 Å². The number of nitrogens with zero attached hydrogens (tertiary/aromatic N) is 2. The standard InChI is InChI=1S/C12H14FN3S/c1-3-10(14-2)12-16-15-11(17-12)8-5-4-6-9(13)7-8/h4-7,10,14H,3H2,1-2H3. The molecule has 0 radical (unpaired) electrons. The van der Waals surface area contributed by atoms with Gasteiger partial charge in [-0.05, 0) is 25.6 Å². The Bertz CT molecular complexity index is 494. The van der Waals surface area contributed by atoms with Gasteiger partial charge in [-0.1, -0.05) is 30.4 Å². The molecule has 0 fully saturated rings. The highest BCUT2D eigenvalue weighted by molar-refractivity contribution is 7.14. The van der Waals surface area contributed by atoms with Crippen molar-refractivity contribution in [2.45, 2.75) is 19.4 Å². The summed E-state index contributed by atoms with van der Waals surface area (Å²) in [7, 11) is 1.90. The van der Waals surface area contributed by atoms with Crippen LogP contribution in [0.5, 0.6) is 0 Å². The van der Waals surface area contributed by atoms with Gasteiger partial charge in [-0.15, -0.1) is 10.2 Å². The van der Waals surface area contributed by atoms with E-state index in [-0.39, 0.29) is 11.9 Å². The van der Waals surface area contributed by atoms with Gasteiger partial charge in [0.25, 0.3) is 0 Å². The highest BCUT2D eigenvalue weighted by atomic mass is 32.1. The highest BCUT2D eigenvalue weighted by Crippen LogP contribution is 2.28. The first-order chi connectivity index (χ1) is 8.24. The maximum Gasteiger partial charge on any atom is 0.147 e. The van der Waals surface area contributed by atoms with Gasteiger partial charge in [0.2, 0.25) is 0 Å². The Morgan fingerprint density at radius 2 is 2.24 bits per heavy atom. The first-order valence-electron chi connectivity index (χ1n) is 5.51. The van der Waals surface area contributed by atoms with Crippen LogP contribution in [0.15, 0.2) is 24.3 Å². The molecule has 0 saturated heterocycles. The first kappa shape index (κ1) is 12.1. The van der Waals surface area contributed by atoms with E-state index >= 15 is 0 Å². The van der Waals surface area contributed by atoms with Crippen molar-refractivity contribution in [3.63, 3.8) is 0 Å². The van der Waals surface area contributed by atoms with E-state index in [1.54, 1.807) is 6.07 Å². The second kappa shape index (κ2) is 5.33. The highest BCUT2D eigenvalue weighted by Gasteiger charge is 2.13. The van der Waals surface area contributed by atoms with Crippen molar-refractivity contribution in [2.24, 2.45) is 0 Å². The summed E-state index contributed by atoms with van der Waals surface area (Å²) in [5, 5.41) is 13.1. The van der Waals surface area contributed by atoms with Crippen molar-refractivity contribution >= 4 is 11.3 Å². The molecule has 0 bridgehead atoms. The lowest BCUT2D eigenvalue weighted by atomic mass is 10.2. The van der Waals surface area contributed by atoms with E-state index in [4.69, 9.17) is 0 Å². The Morgan fingerprint density at radius 1 is 1.41 bits per heavy atom. The van der Waals surface area contributed by atoms with Gasteiger partial charge in [-0.2, -0.15) is 0 Å². The minimum Gasteiger partial charge on any atom is -0.311 e. The van der Waals surface area contributed by atoms with Crippen LogP contribution in [0.4, 0.5) is 4.39 Å². The molecule has 2 aromatic rings. The normalized spacial score (nSPS) is 12.6. The van der Waals surface area contributed by atoms with Crippen LogP contribution in [0.2, 0.25) is 0 Å². The van der Waals surface area contributed by atoms with Crippen LogP contribution in [0.25, 0.3) is 10.6 Å². The third kappa shape index (κ3) is 2.68. The van der Waals surface area contributed by atoms with Gasteiger partial charge in [0, 0.05) is 5.56 Å². The zero-order chi connectivity index (χ0) is 12.3. The number of aromatic nitrogens is 2. The van der Waals surface area contributed by atoms with Crippen LogP contribution in [0.3, 0.4) is 0 Å². The number of halogens is 1. The van der Waals surface area contributed by atoms with E-state index in [2.05, 4.69) is 22.4 Å². The average Bonchev–Trinajstić information content (AvgIpc) is 2.80. The molecule has 1 atom stereocenters. The quantitative estimate of drug-likeness (QED) is 0.907. The summed E-state index contributed by atoms with van der Waals surface area (Å²) in [5.74, 6) is -0.250. The molecule has 5 heteroatoms. The third-order valence-corrected chi connectivity index (χ3v) is 3.65. The molecule has 0 spiro atoms. The molecule has 0 aliphatic rings. The molecule has 2 rings (SSSR count). The number of benzene rings is 1. The Morgan fingerprint density at radius 3 is 2.88 bits per heavy atom. The number of rotatable bonds is 4. The van der Waals surface area contributed by atoms with E-state index < -0.39 is 0 Å². The monoisotopic (exact) mass is 251 g/mol. The molecular weight excluding hydrogens is 237 g/mol. The largest absolute Gasteiger partial charge is 0.311 e. The van der Waals surface area contributed by atoms with E-state index in [0.717, 1.165) is 22.0 Å². The van der Waals surface area contributed by atoms with Crippen LogP contribution in [0.1, 0.15) is 24.4 Å². The molecule has 1 N–H and O–H groups in total. The Labute approximate surface area is 104 Å². The number of nitrogens with one attached hydrogen (secondary N) is 1. The van der Waals surface area contributed by atoms with Gasteiger partial charge >= 0.3 is 0 Å². The van der Waals surface area contributed by atoms with Crippen LogP contribution >= 0.6 is 11.3 Å². The fraction of sp³-hybridized carbons (Fsp3) is 0.333. The molecule has 90 valence electrons. The molecule has 0 amide bonds. The molecule has 1 aromatic heterocycles. The molecule has 3 nitrogen and oxygen atoms in total. The lowest BCUT2D eigenvalue weighted by molar-refractivity contribution is 0.568. The van der Waals surface area contributed by atoms with E-state index in [0.29, 0.717) is 0 Å². The summed E-state index contributed by atoms with van der Waals surface area (Å²) in [6, 6.07) is 6.64. The number of hydrogen-bond acceptors (Lipinski definition) is 4. The predicted octanol–water partition coefficient (Wildman–Crippen LogP) is 3.01. The van der Waals surface area contributed by atoms with Crippen molar-refractivity contribution in [3.8, 4) is 10.6 Å². The predicted molar refractivity (Wildman–Crippen MR) is 67.4 cm³/mol. The Hall–Kier alpha value is -1.33. The maximum absolute atomic E-state index is 13.1. The van der Waals surface area contributed by atoms with Crippen LogP contribution < -0.4 is 5.32 Å². The van der Waals surface area contributed by atoms with Gasteiger partial charge in [-0.25, -0.2) is 4.39 Å². The van der Waals surface area contributed by atoms with Crippen molar-refractivity contribution in [1.29, 1.82) is 0 Å². The lowest BCUT2D eigenvalue weighted by Crippen LogP contribution is -2.14. The van der Waals surface area contributed by atoms with Crippen molar-refractivity contribution in [3.05, 3.63) is 35.1 Å². The Balaban J connectivity index is 2.29. The van der Waals surface area contributed by atoms with Crippen LogP contribution in [-0.2, 0) is 0 Å². The Kier molecular flexibility index (Phi) is 3.81. The zero-order valence-corrected chi connectivity index (χ0v) is 10.6. The second-order valence-corrected chi connectivity index (χ2v) is 4.71. The molecule has 1 aromatic carbocycles. The average molecular weight is 251 g/mol. The summed E-state index contributed by atoms with van der Waals surface area (Å²) < 4.78 is 13.1. The van der Waals surface area contributed by atoms with Crippen molar-refractivity contribution < 1.29 is 4.39 Å². The lowest BCUT2D eigenvalue weighted by Gasteiger charge is -2.07. The minimum atomic E-state index is -0.250. The number of hydrogen-bond donors (Lipinski definition) is 1. The fourth-order valence-corrected chi connectivity index (χ4v) is 2.65.